The Hall–Kier alpha value is -1.76. The van der Waals surface area contributed by atoms with Gasteiger partial charge in [0.1, 0.15) is 23.7 Å². The molecule has 0 aromatic carbocycles. The van der Waals surface area contributed by atoms with Crippen LogP contribution in [0.1, 0.15) is 23.7 Å². The molecule has 1 N–H and O–H groups in total. The van der Waals surface area contributed by atoms with Crippen molar-refractivity contribution < 1.29 is 4.79 Å². The van der Waals surface area contributed by atoms with Crippen LogP contribution in [0.4, 0.5) is 0 Å². The van der Waals surface area contributed by atoms with Crippen LogP contribution < -0.4 is 5.32 Å². The van der Waals surface area contributed by atoms with E-state index in [2.05, 4.69) is 20.4 Å². The normalized spacial score (nSPS) is 12.4. The van der Waals surface area contributed by atoms with Gasteiger partial charge >= 0.3 is 0 Å². The van der Waals surface area contributed by atoms with Gasteiger partial charge in [-0.25, -0.2) is 14.6 Å². The van der Waals surface area contributed by atoms with Crippen molar-refractivity contribution in [3.8, 4) is 0 Å². The monoisotopic (exact) mass is 251 g/mol. The van der Waals surface area contributed by atoms with Crippen LogP contribution in [0.5, 0.6) is 0 Å². The molecule has 1 atom stereocenters. The number of carbonyl (C=O) groups is 1. The van der Waals surface area contributed by atoms with Gasteiger partial charge < -0.3 is 5.32 Å². The van der Waals surface area contributed by atoms with Gasteiger partial charge in [-0.2, -0.15) is 5.10 Å². The van der Waals surface area contributed by atoms with Gasteiger partial charge in [0.15, 0.2) is 0 Å². The number of aromatic nitrogens is 4. The highest BCUT2D eigenvalue weighted by atomic mass is 32.1. The third-order valence-electron chi connectivity index (χ3n) is 2.29. The van der Waals surface area contributed by atoms with Gasteiger partial charge in [0.25, 0.3) is 0 Å². The number of nitrogens with zero attached hydrogens (tertiary/aromatic N) is 4. The zero-order valence-electron chi connectivity index (χ0n) is 9.62. The number of amides is 1. The minimum atomic E-state index is -0.362. The summed E-state index contributed by atoms with van der Waals surface area (Å²) < 4.78 is 1.52. The maximum absolute atomic E-state index is 11.8. The zero-order chi connectivity index (χ0) is 12.3. The minimum absolute atomic E-state index is 0.0941. The van der Waals surface area contributed by atoms with Gasteiger partial charge in [-0.05, 0) is 13.8 Å². The average Bonchev–Trinajstić information content (AvgIpc) is 2.95. The molecule has 0 aliphatic rings. The van der Waals surface area contributed by atoms with Crippen molar-refractivity contribution in [3.05, 3.63) is 28.7 Å². The fraction of sp³-hybridized carbons (Fsp3) is 0.400. The summed E-state index contributed by atoms with van der Waals surface area (Å²) in [6.07, 6.45) is 2.94. The number of hydrogen-bond acceptors (Lipinski definition) is 5. The first kappa shape index (κ1) is 11.7. The number of rotatable bonds is 4. The van der Waals surface area contributed by atoms with Crippen molar-refractivity contribution >= 4 is 17.2 Å². The SMILES string of the molecule is Cc1csc(CNC(=O)[C@H](C)n2cncn2)n1. The summed E-state index contributed by atoms with van der Waals surface area (Å²) in [4.78, 5) is 19.9. The molecule has 0 saturated heterocycles. The second-order valence-corrected chi connectivity index (χ2v) is 4.59. The molecule has 6 nitrogen and oxygen atoms in total. The van der Waals surface area contributed by atoms with E-state index >= 15 is 0 Å². The molecule has 17 heavy (non-hydrogen) atoms. The highest BCUT2D eigenvalue weighted by Gasteiger charge is 2.15. The molecule has 2 aromatic heterocycles. The van der Waals surface area contributed by atoms with Crippen molar-refractivity contribution in [1.29, 1.82) is 0 Å². The van der Waals surface area contributed by atoms with E-state index < -0.39 is 0 Å². The molecular formula is C10H13N5OS. The Balaban J connectivity index is 1.89. The summed E-state index contributed by atoms with van der Waals surface area (Å²) in [5.74, 6) is -0.0941. The molecule has 2 heterocycles. The molecule has 0 aliphatic heterocycles. The van der Waals surface area contributed by atoms with Crippen molar-refractivity contribution in [2.24, 2.45) is 0 Å². The van der Waals surface area contributed by atoms with Crippen molar-refractivity contribution in [1.82, 2.24) is 25.1 Å². The standard InChI is InChI=1S/C10H13N5OS/c1-7-4-17-9(14-7)3-12-10(16)8(2)15-6-11-5-13-15/h4-6,8H,3H2,1-2H3,(H,12,16)/t8-/m0/s1. The highest BCUT2D eigenvalue weighted by molar-refractivity contribution is 7.09. The third-order valence-corrected chi connectivity index (χ3v) is 3.26. The first-order valence-corrected chi connectivity index (χ1v) is 6.07. The third kappa shape index (κ3) is 2.88. The summed E-state index contributed by atoms with van der Waals surface area (Å²) in [5, 5.41) is 9.61. The van der Waals surface area contributed by atoms with Gasteiger partial charge in [-0.15, -0.1) is 11.3 Å². The molecule has 0 bridgehead atoms. The lowest BCUT2D eigenvalue weighted by Gasteiger charge is -2.10. The van der Waals surface area contributed by atoms with Gasteiger partial charge in [-0.3, -0.25) is 4.79 Å². The molecule has 7 heteroatoms. The van der Waals surface area contributed by atoms with Crippen molar-refractivity contribution in [2.45, 2.75) is 26.4 Å². The Morgan fingerprint density at radius 1 is 1.65 bits per heavy atom. The average molecular weight is 251 g/mol. The van der Waals surface area contributed by atoms with Crippen LogP contribution >= 0.6 is 11.3 Å². The first-order chi connectivity index (χ1) is 8.16. The van der Waals surface area contributed by atoms with Crippen LogP contribution in [0.15, 0.2) is 18.0 Å². The maximum atomic E-state index is 11.8. The number of hydrogen-bond donors (Lipinski definition) is 1. The predicted octanol–water partition coefficient (Wildman–Crippen LogP) is 0.920. The van der Waals surface area contributed by atoms with Crippen molar-refractivity contribution in [3.63, 3.8) is 0 Å². The lowest BCUT2D eigenvalue weighted by atomic mass is 10.3. The van der Waals surface area contributed by atoms with Gasteiger partial charge in [-0.1, -0.05) is 0 Å². The second-order valence-electron chi connectivity index (χ2n) is 3.65. The number of aryl methyl sites for hydroxylation is 1. The van der Waals surface area contributed by atoms with E-state index in [1.54, 1.807) is 18.3 Å². The van der Waals surface area contributed by atoms with E-state index in [-0.39, 0.29) is 11.9 Å². The molecule has 2 aromatic rings. The molecule has 0 fully saturated rings. The molecule has 90 valence electrons. The first-order valence-electron chi connectivity index (χ1n) is 5.19. The molecule has 0 unspecified atom stereocenters. The lowest BCUT2D eigenvalue weighted by molar-refractivity contribution is -0.124. The quantitative estimate of drug-likeness (QED) is 0.877. The maximum Gasteiger partial charge on any atom is 0.244 e. The van der Waals surface area contributed by atoms with E-state index in [1.165, 1.54) is 17.3 Å². The Morgan fingerprint density at radius 2 is 2.47 bits per heavy atom. The van der Waals surface area contributed by atoms with Gasteiger partial charge in [0, 0.05) is 11.1 Å². The summed E-state index contributed by atoms with van der Waals surface area (Å²) in [6.45, 7) is 4.16. The van der Waals surface area contributed by atoms with Crippen LogP contribution in [0.3, 0.4) is 0 Å². The van der Waals surface area contributed by atoms with Crippen LogP contribution in [0, 0.1) is 6.92 Å². The molecule has 1 amide bonds. The smallest absolute Gasteiger partial charge is 0.244 e. The van der Waals surface area contributed by atoms with Gasteiger partial charge in [0.05, 0.1) is 6.54 Å². The largest absolute Gasteiger partial charge is 0.348 e. The highest BCUT2D eigenvalue weighted by Crippen LogP contribution is 2.09. The molecule has 0 radical (unpaired) electrons. The van der Waals surface area contributed by atoms with E-state index in [4.69, 9.17) is 0 Å². The number of carbonyl (C=O) groups excluding carboxylic acids is 1. The topological polar surface area (TPSA) is 72.7 Å². The predicted molar refractivity (Wildman–Crippen MR) is 63.4 cm³/mol. The van der Waals surface area contributed by atoms with Crippen LogP contribution in [0.25, 0.3) is 0 Å². The molecule has 2 rings (SSSR count). The Morgan fingerprint density at radius 3 is 3.06 bits per heavy atom. The van der Waals surface area contributed by atoms with Crippen molar-refractivity contribution in [2.75, 3.05) is 0 Å². The second kappa shape index (κ2) is 5.05. The van der Waals surface area contributed by atoms with E-state index in [0.29, 0.717) is 6.54 Å². The van der Waals surface area contributed by atoms with E-state index in [9.17, 15) is 4.79 Å². The fourth-order valence-corrected chi connectivity index (χ4v) is 2.04. The summed E-state index contributed by atoms with van der Waals surface area (Å²) in [5.41, 5.74) is 0.976. The van der Waals surface area contributed by atoms with Crippen LogP contribution in [-0.2, 0) is 11.3 Å². The minimum Gasteiger partial charge on any atom is -0.348 e. The van der Waals surface area contributed by atoms with Crippen LogP contribution in [-0.4, -0.2) is 25.7 Å². The Labute approximate surface area is 103 Å². The molecule has 0 aliphatic carbocycles. The number of thiazole rings is 1. The molecular weight excluding hydrogens is 238 g/mol. The van der Waals surface area contributed by atoms with E-state index in [0.717, 1.165) is 10.7 Å². The molecule has 0 saturated carbocycles. The lowest BCUT2D eigenvalue weighted by Crippen LogP contribution is -2.30. The zero-order valence-corrected chi connectivity index (χ0v) is 10.4. The summed E-state index contributed by atoms with van der Waals surface area (Å²) in [7, 11) is 0. The summed E-state index contributed by atoms with van der Waals surface area (Å²) in [6, 6.07) is -0.362. The van der Waals surface area contributed by atoms with Gasteiger partial charge in [0.2, 0.25) is 5.91 Å². The van der Waals surface area contributed by atoms with Crippen LogP contribution in [0.2, 0.25) is 0 Å². The fourth-order valence-electron chi connectivity index (χ4n) is 1.33. The Bertz CT molecular complexity index is 493. The Kier molecular flexibility index (Phi) is 3.48. The van der Waals surface area contributed by atoms with E-state index in [1.807, 2.05) is 12.3 Å². The molecule has 0 spiro atoms. The number of nitrogens with one attached hydrogen (secondary N) is 1. The summed E-state index contributed by atoms with van der Waals surface area (Å²) >= 11 is 1.54.